The number of hydrogen-bond donors (Lipinski definition) is 1. The molecule has 1 saturated heterocycles. The molecule has 0 aliphatic carbocycles. The Morgan fingerprint density at radius 1 is 0.882 bits per heavy atom. The van der Waals surface area contributed by atoms with Crippen molar-refractivity contribution in [3.8, 4) is 5.69 Å². The number of carbonyl (C=O) groups excluding carboxylic acids is 3. The minimum Gasteiger partial charge on any atom is -0.318 e. The van der Waals surface area contributed by atoms with Crippen molar-refractivity contribution in [3.05, 3.63) is 88.2 Å². The molecule has 1 fully saturated rings. The molecule has 9 heteroatoms. The molecule has 0 bridgehead atoms. The zero-order valence-electron chi connectivity index (χ0n) is 18.5. The summed E-state index contributed by atoms with van der Waals surface area (Å²) in [6.07, 6.45) is -3.31. The predicted molar refractivity (Wildman–Crippen MR) is 120 cm³/mol. The molecule has 0 atom stereocenters. The molecule has 174 valence electrons. The summed E-state index contributed by atoms with van der Waals surface area (Å²) in [6.45, 7) is 5.66. The van der Waals surface area contributed by atoms with E-state index < -0.39 is 29.6 Å². The van der Waals surface area contributed by atoms with Crippen LogP contribution >= 0.6 is 0 Å². The molecule has 0 unspecified atom stereocenters. The summed E-state index contributed by atoms with van der Waals surface area (Å²) in [5.74, 6) is -1.92. The molecule has 1 aliphatic heterocycles. The number of halogens is 3. The summed E-state index contributed by atoms with van der Waals surface area (Å²) in [5.41, 5.74) is 2.48. The van der Waals surface area contributed by atoms with Gasteiger partial charge in [-0.2, -0.15) is 13.2 Å². The lowest BCUT2D eigenvalue weighted by molar-refractivity contribution is -0.137. The lowest BCUT2D eigenvalue weighted by atomic mass is 10.1. The molecule has 2 heterocycles. The molecule has 1 aromatic heterocycles. The van der Waals surface area contributed by atoms with Crippen LogP contribution < -0.4 is 10.2 Å². The molecule has 2 aromatic carbocycles. The fourth-order valence-electron chi connectivity index (χ4n) is 3.89. The van der Waals surface area contributed by atoms with E-state index in [9.17, 15) is 27.6 Å². The van der Waals surface area contributed by atoms with Crippen molar-refractivity contribution in [1.82, 2.24) is 9.88 Å². The first kappa shape index (κ1) is 23.0. The van der Waals surface area contributed by atoms with Crippen LogP contribution in [0.25, 0.3) is 11.8 Å². The highest BCUT2D eigenvalue weighted by molar-refractivity contribution is 6.39. The minimum atomic E-state index is -4.66. The number of urea groups is 1. The maximum Gasteiger partial charge on any atom is 0.416 e. The SMILES string of the molecule is Cc1ccc(-n2c(C)cc(/C=C3/C(=O)NC(=O)N(c4cccc(C(F)(F)F)c4)C3=O)c2C)cc1. The van der Waals surface area contributed by atoms with E-state index in [1.165, 1.54) is 12.1 Å². The first-order valence-electron chi connectivity index (χ1n) is 10.3. The average Bonchev–Trinajstić information content (AvgIpc) is 3.04. The van der Waals surface area contributed by atoms with Gasteiger partial charge < -0.3 is 4.57 Å². The minimum absolute atomic E-state index is 0.291. The lowest BCUT2D eigenvalue weighted by Crippen LogP contribution is -2.54. The van der Waals surface area contributed by atoms with E-state index in [0.29, 0.717) is 16.5 Å². The Morgan fingerprint density at radius 2 is 1.56 bits per heavy atom. The molecule has 4 rings (SSSR count). The van der Waals surface area contributed by atoms with E-state index in [1.54, 1.807) is 6.07 Å². The maximum absolute atomic E-state index is 13.1. The number of rotatable bonds is 3. The fraction of sp³-hybridized carbons (Fsp3) is 0.160. The van der Waals surface area contributed by atoms with Crippen LogP contribution in [0.5, 0.6) is 0 Å². The van der Waals surface area contributed by atoms with E-state index in [2.05, 4.69) is 0 Å². The molecule has 4 amide bonds. The van der Waals surface area contributed by atoms with Crippen LogP contribution in [0.2, 0.25) is 0 Å². The quantitative estimate of drug-likeness (QED) is 0.431. The van der Waals surface area contributed by atoms with Gasteiger partial charge in [0.05, 0.1) is 11.3 Å². The van der Waals surface area contributed by atoms with Crippen molar-refractivity contribution in [2.24, 2.45) is 0 Å². The average molecular weight is 467 g/mol. The topological polar surface area (TPSA) is 71.4 Å². The summed E-state index contributed by atoms with van der Waals surface area (Å²) in [7, 11) is 0. The molecule has 0 spiro atoms. The van der Waals surface area contributed by atoms with Gasteiger partial charge in [-0.05, 0) is 68.8 Å². The summed E-state index contributed by atoms with van der Waals surface area (Å²) in [6, 6.07) is 12.3. The number of amides is 4. The number of nitrogens with one attached hydrogen (secondary N) is 1. The summed E-state index contributed by atoms with van der Waals surface area (Å²) in [5, 5.41) is 2.04. The number of carbonyl (C=O) groups is 3. The Labute approximate surface area is 193 Å². The Bertz CT molecular complexity index is 1350. The molecule has 0 radical (unpaired) electrons. The van der Waals surface area contributed by atoms with Crippen LogP contribution in [0.1, 0.15) is 28.1 Å². The van der Waals surface area contributed by atoms with Crippen LogP contribution in [0.15, 0.2) is 60.2 Å². The van der Waals surface area contributed by atoms with Crippen molar-refractivity contribution in [1.29, 1.82) is 0 Å². The highest BCUT2D eigenvalue weighted by Gasteiger charge is 2.38. The van der Waals surface area contributed by atoms with E-state index in [4.69, 9.17) is 0 Å². The molecular formula is C25H20F3N3O3. The molecule has 6 nitrogen and oxygen atoms in total. The van der Waals surface area contributed by atoms with Crippen molar-refractivity contribution < 1.29 is 27.6 Å². The number of aromatic nitrogens is 1. The van der Waals surface area contributed by atoms with Crippen LogP contribution in [0, 0.1) is 20.8 Å². The van der Waals surface area contributed by atoms with Gasteiger partial charge in [0.2, 0.25) is 0 Å². The zero-order valence-corrected chi connectivity index (χ0v) is 18.5. The van der Waals surface area contributed by atoms with Gasteiger partial charge in [-0.3, -0.25) is 14.9 Å². The first-order valence-corrected chi connectivity index (χ1v) is 10.3. The number of alkyl halides is 3. The number of benzene rings is 2. The number of aryl methyl sites for hydroxylation is 2. The molecule has 3 aromatic rings. The second-order valence-electron chi connectivity index (χ2n) is 8.00. The Hall–Kier alpha value is -4.14. The molecule has 1 aliphatic rings. The van der Waals surface area contributed by atoms with Gasteiger partial charge in [-0.15, -0.1) is 0 Å². The van der Waals surface area contributed by atoms with E-state index >= 15 is 0 Å². The number of hydrogen-bond acceptors (Lipinski definition) is 3. The van der Waals surface area contributed by atoms with E-state index in [1.807, 2.05) is 54.9 Å². The maximum atomic E-state index is 13.1. The Morgan fingerprint density at radius 3 is 2.21 bits per heavy atom. The Balaban J connectivity index is 1.75. The van der Waals surface area contributed by atoms with E-state index in [0.717, 1.165) is 34.8 Å². The van der Waals surface area contributed by atoms with Crippen LogP contribution in [-0.4, -0.2) is 22.4 Å². The highest BCUT2D eigenvalue weighted by Crippen LogP contribution is 2.33. The third-order valence-corrected chi connectivity index (χ3v) is 5.60. The zero-order chi connectivity index (χ0) is 24.8. The van der Waals surface area contributed by atoms with Crippen molar-refractivity contribution in [3.63, 3.8) is 0 Å². The number of barbiturate groups is 1. The van der Waals surface area contributed by atoms with E-state index in [-0.39, 0.29) is 11.3 Å². The standard InChI is InChI=1S/C25H20F3N3O3/c1-14-7-9-19(10-8-14)30-15(2)11-17(16(30)3)12-21-22(32)29-24(34)31(23(21)33)20-6-4-5-18(13-20)25(26,27)28/h4-13H,1-3H3,(H,29,32,34)/b21-12-. The fourth-order valence-corrected chi connectivity index (χ4v) is 3.89. The van der Waals surface area contributed by atoms with Gasteiger partial charge in [0, 0.05) is 17.1 Å². The predicted octanol–water partition coefficient (Wildman–Crippen LogP) is 5.09. The van der Waals surface area contributed by atoms with Gasteiger partial charge in [0.1, 0.15) is 5.57 Å². The molecule has 34 heavy (non-hydrogen) atoms. The summed E-state index contributed by atoms with van der Waals surface area (Å²) < 4.78 is 41.3. The number of anilines is 1. The smallest absolute Gasteiger partial charge is 0.318 e. The van der Waals surface area contributed by atoms with Gasteiger partial charge in [-0.25, -0.2) is 9.69 Å². The normalized spacial score (nSPS) is 15.8. The molecule has 1 N–H and O–H groups in total. The van der Waals surface area contributed by atoms with Crippen molar-refractivity contribution in [2.45, 2.75) is 26.9 Å². The third kappa shape index (κ3) is 4.12. The van der Waals surface area contributed by atoms with Gasteiger partial charge in [0.25, 0.3) is 11.8 Å². The number of nitrogens with zero attached hydrogens (tertiary/aromatic N) is 2. The second kappa shape index (κ2) is 8.33. The van der Waals surface area contributed by atoms with Crippen molar-refractivity contribution >= 4 is 29.6 Å². The number of imide groups is 2. The van der Waals surface area contributed by atoms with Crippen LogP contribution in [0.3, 0.4) is 0 Å². The third-order valence-electron chi connectivity index (χ3n) is 5.60. The summed E-state index contributed by atoms with van der Waals surface area (Å²) in [4.78, 5) is 38.5. The summed E-state index contributed by atoms with van der Waals surface area (Å²) >= 11 is 0. The highest BCUT2D eigenvalue weighted by atomic mass is 19.4. The largest absolute Gasteiger partial charge is 0.416 e. The Kier molecular flexibility index (Phi) is 5.64. The van der Waals surface area contributed by atoms with Crippen molar-refractivity contribution in [2.75, 3.05) is 4.90 Å². The van der Waals surface area contributed by atoms with Crippen LogP contribution in [0.4, 0.5) is 23.7 Å². The first-order chi connectivity index (χ1) is 16.0. The van der Waals surface area contributed by atoms with Gasteiger partial charge in [-0.1, -0.05) is 23.8 Å². The van der Waals surface area contributed by atoms with Gasteiger partial charge in [0.15, 0.2) is 0 Å². The lowest BCUT2D eigenvalue weighted by Gasteiger charge is -2.26. The van der Waals surface area contributed by atoms with Gasteiger partial charge >= 0.3 is 12.2 Å². The monoisotopic (exact) mass is 467 g/mol. The second-order valence-corrected chi connectivity index (χ2v) is 8.00. The molecular weight excluding hydrogens is 447 g/mol. The van der Waals surface area contributed by atoms with Crippen LogP contribution in [-0.2, 0) is 15.8 Å². The molecule has 0 saturated carbocycles.